The first kappa shape index (κ1) is 20.8. The van der Waals surface area contributed by atoms with Gasteiger partial charge in [-0.15, -0.1) is 0 Å². The number of rotatable bonds is 4. The third kappa shape index (κ3) is 3.51. The number of hydrogen-bond donors (Lipinski definition) is 2. The van der Waals surface area contributed by atoms with Gasteiger partial charge in [-0.25, -0.2) is 18.2 Å². The topological polar surface area (TPSA) is 103 Å². The summed E-state index contributed by atoms with van der Waals surface area (Å²) in [7, 11) is 0. The zero-order valence-electron chi connectivity index (χ0n) is 17.0. The summed E-state index contributed by atoms with van der Waals surface area (Å²) in [5, 5.41) is 2.47. The summed E-state index contributed by atoms with van der Waals surface area (Å²) in [6, 6.07) is 1.56. The van der Waals surface area contributed by atoms with Gasteiger partial charge in [-0.2, -0.15) is 4.98 Å². The summed E-state index contributed by atoms with van der Waals surface area (Å²) < 4.78 is 45.6. The van der Waals surface area contributed by atoms with Crippen molar-refractivity contribution in [1.82, 2.24) is 14.5 Å². The second-order valence-electron chi connectivity index (χ2n) is 8.05. The van der Waals surface area contributed by atoms with E-state index >= 15 is 0 Å². The molecule has 2 heterocycles. The Labute approximate surface area is 175 Å². The number of fused-ring (bicyclic) bond motifs is 1. The third-order valence-electron chi connectivity index (χ3n) is 5.45. The van der Waals surface area contributed by atoms with E-state index in [1.807, 2.05) is 6.92 Å². The Kier molecular flexibility index (Phi) is 4.95. The summed E-state index contributed by atoms with van der Waals surface area (Å²) >= 11 is 0. The maximum absolute atomic E-state index is 15.0. The van der Waals surface area contributed by atoms with Crippen molar-refractivity contribution in [3.05, 3.63) is 46.1 Å². The predicted molar refractivity (Wildman–Crippen MR) is 110 cm³/mol. The lowest BCUT2D eigenvalue weighted by atomic mass is 10.0. The summed E-state index contributed by atoms with van der Waals surface area (Å²) in [6.07, 6.45) is 1.95. The van der Waals surface area contributed by atoms with E-state index in [0.717, 1.165) is 0 Å². The fourth-order valence-corrected chi connectivity index (χ4v) is 3.61. The number of halogens is 3. The molecule has 3 N–H and O–H groups in total. The number of nitrogens with two attached hydrogens (primary N) is 1. The smallest absolute Gasteiger partial charge is 0.260 e. The molecule has 162 valence electrons. The van der Waals surface area contributed by atoms with Crippen LogP contribution >= 0.6 is 0 Å². The lowest BCUT2D eigenvalue weighted by Gasteiger charge is -2.16. The molecule has 1 aliphatic rings. The van der Waals surface area contributed by atoms with Gasteiger partial charge in [0.05, 0.1) is 5.56 Å². The summed E-state index contributed by atoms with van der Waals surface area (Å²) in [4.78, 5) is 33.1. The van der Waals surface area contributed by atoms with Crippen molar-refractivity contribution >= 4 is 28.6 Å². The molecule has 0 aliphatic heterocycles. The first-order chi connectivity index (χ1) is 14.6. The van der Waals surface area contributed by atoms with E-state index < -0.39 is 46.2 Å². The molecule has 0 radical (unpaired) electrons. The van der Waals surface area contributed by atoms with Crippen molar-refractivity contribution in [2.75, 3.05) is 11.1 Å². The number of aromatic nitrogens is 3. The first-order valence-corrected chi connectivity index (χ1v) is 9.76. The maximum Gasteiger partial charge on any atom is 0.260 e. The fraction of sp³-hybridized carbons (Fsp3) is 0.333. The zero-order chi connectivity index (χ0) is 22.6. The van der Waals surface area contributed by atoms with Crippen molar-refractivity contribution in [3.8, 4) is 11.1 Å². The Hall–Kier alpha value is -3.43. The van der Waals surface area contributed by atoms with Crippen LogP contribution in [0.3, 0.4) is 0 Å². The van der Waals surface area contributed by atoms with Gasteiger partial charge in [-0.05, 0) is 38.3 Å². The number of carbonyl (C=O) groups is 1. The number of benzene rings is 1. The number of anilines is 2. The number of nitrogens with zero attached hydrogens (tertiary/aromatic N) is 3. The van der Waals surface area contributed by atoms with E-state index in [0.29, 0.717) is 17.9 Å². The maximum atomic E-state index is 15.0. The summed E-state index contributed by atoms with van der Waals surface area (Å²) in [6.45, 7) is 5.24. The number of nitrogen functional groups attached to an aromatic ring is 1. The average Bonchev–Trinajstić information content (AvgIpc) is 3.44. The molecule has 0 saturated heterocycles. The molecule has 31 heavy (non-hydrogen) atoms. The SMILES string of the molecule is CC(C)n1c(=O)c(-c2cc(F)c(NC(=O)[C@@H]3C[C@H]3C)c(F)c2F)cc2cnc(N)nc21. The highest BCUT2D eigenvalue weighted by atomic mass is 19.2. The van der Waals surface area contributed by atoms with Crippen molar-refractivity contribution < 1.29 is 18.0 Å². The van der Waals surface area contributed by atoms with E-state index in [2.05, 4.69) is 15.3 Å². The van der Waals surface area contributed by atoms with Crippen LogP contribution in [0.15, 0.2) is 23.1 Å². The lowest BCUT2D eigenvalue weighted by Crippen LogP contribution is -2.25. The minimum absolute atomic E-state index is 0.0533. The molecule has 7 nitrogen and oxygen atoms in total. The van der Waals surface area contributed by atoms with Gasteiger partial charge in [-0.3, -0.25) is 14.2 Å². The predicted octanol–water partition coefficient (Wildman–Crippen LogP) is 3.63. The molecule has 0 unspecified atom stereocenters. The number of pyridine rings is 1. The third-order valence-corrected chi connectivity index (χ3v) is 5.45. The Morgan fingerprint density at radius 1 is 1.23 bits per heavy atom. The van der Waals surface area contributed by atoms with Crippen LogP contribution in [0.5, 0.6) is 0 Å². The van der Waals surface area contributed by atoms with Gasteiger partial charge in [0.15, 0.2) is 17.5 Å². The van der Waals surface area contributed by atoms with Crippen LogP contribution in [-0.4, -0.2) is 20.4 Å². The minimum Gasteiger partial charge on any atom is -0.368 e. The van der Waals surface area contributed by atoms with E-state index in [1.165, 1.54) is 16.8 Å². The molecule has 2 atom stereocenters. The zero-order valence-corrected chi connectivity index (χ0v) is 17.0. The highest BCUT2D eigenvalue weighted by Gasteiger charge is 2.40. The molecule has 0 bridgehead atoms. The van der Waals surface area contributed by atoms with Crippen LogP contribution in [0.4, 0.5) is 24.8 Å². The number of carbonyl (C=O) groups excluding carboxylic acids is 1. The van der Waals surface area contributed by atoms with Crippen molar-refractivity contribution in [2.45, 2.75) is 33.2 Å². The summed E-state index contributed by atoms with van der Waals surface area (Å²) in [5.41, 5.74) is 3.45. The molecule has 1 aliphatic carbocycles. The fourth-order valence-electron chi connectivity index (χ4n) is 3.61. The van der Waals surface area contributed by atoms with Gasteiger partial charge < -0.3 is 11.1 Å². The molecule has 2 aromatic heterocycles. The van der Waals surface area contributed by atoms with E-state index in [1.54, 1.807) is 13.8 Å². The largest absolute Gasteiger partial charge is 0.368 e. The standard InChI is InChI=1S/C21H20F3N5O2/c1-8(2)29-18-10(7-26-21(25)28-18)5-13(20(29)31)12-6-14(22)17(16(24)15(12)23)27-19(30)11-4-9(11)3/h5-9,11H,4H2,1-3H3,(H,27,30)(H2,25,26,28)/t9-,11-/m1/s1. The highest BCUT2D eigenvalue weighted by Crippen LogP contribution is 2.39. The second kappa shape index (κ2) is 7.36. The number of amides is 1. The van der Waals surface area contributed by atoms with E-state index in [-0.39, 0.29) is 29.0 Å². The first-order valence-electron chi connectivity index (χ1n) is 9.76. The van der Waals surface area contributed by atoms with Crippen molar-refractivity contribution in [2.24, 2.45) is 11.8 Å². The highest BCUT2D eigenvalue weighted by molar-refractivity contribution is 5.95. The molecule has 10 heteroatoms. The molecule has 1 fully saturated rings. The number of nitrogens with one attached hydrogen (secondary N) is 1. The molecule has 4 rings (SSSR count). The molecule has 0 spiro atoms. The van der Waals surface area contributed by atoms with Crippen LogP contribution in [0.1, 0.15) is 33.2 Å². The summed E-state index contributed by atoms with van der Waals surface area (Å²) in [5.74, 6) is -5.06. The van der Waals surface area contributed by atoms with Crippen LogP contribution < -0.4 is 16.6 Å². The van der Waals surface area contributed by atoms with Gasteiger partial charge in [0.1, 0.15) is 11.3 Å². The van der Waals surface area contributed by atoms with Crippen LogP contribution in [0, 0.1) is 29.3 Å². The molecule has 3 aromatic rings. The Morgan fingerprint density at radius 3 is 2.52 bits per heavy atom. The van der Waals surface area contributed by atoms with E-state index in [9.17, 15) is 22.8 Å². The Bertz CT molecular complexity index is 1290. The lowest BCUT2D eigenvalue weighted by molar-refractivity contribution is -0.117. The van der Waals surface area contributed by atoms with Gasteiger partial charge >= 0.3 is 0 Å². The minimum atomic E-state index is -1.57. The van der Waals surface area contributed by atoms with Crippen LogP contribution in [0.25, 0.3) is 22.2 Å². The Balaban J connectivity index is 1.88. The molecular weight excluding hydrogens is 411 g/mol. The van der Waals surface area contributed by atoms with Crippen molar-refractivity contribution in [1.29, 1.82) is 0 Å². The number of hydrogen-bond acceptors (Lipinski definition) is 5. The quantitative estimate of drug-likeness (QED) is 0.614. The van der Waals surface area contributed by atoms with Crippen molar-refractivity contribution in [3.63, 3.8) is 0 Å². The van der Waals surface area contributed by atoms with E-state index in [4.69, 9.17) is 5.73 Å². The van der Waals surface area contributed by atoms with Gasteiger partial charge in [0.2, 0.25) is 11.9 Å². The average molecular weight is 431 g/mol. The second-order valence-corrected chi connectivity index (χ2v) is 8.05. The van der Waals surface area contributed by atoms with Gasteiger partial charge in [-0.1, -0.05) is 6.92 Å². The van der Waals surface area contributed by atoms with Gasteiger partial charge in [0.25, 0.3) is 5.56 Å². The molecule has 1 saturated carbocycles. The van der Waals surface area contributed by atoms with Crippen LogP contribution in [-0.2, 0) is 4.79 Å². The Morgan fingerprint density at radius 2 is 1.90 bits per heavy atom. The van der Waals surface area contributed by atoms with Crippen LogP contribution in [0.2, 0.25) is 0 Å². The molecule has 1 amide bonds. The monoisotopic (exact) mass is 431 g/mol. The normalized spacial score (nSPS) is 17.9. The van der Waals surface area contributed by atoms with Gasteiger partial charge in [0, 0.05) is 29.1 Å². The molecular formula is C21H20F3N5O2. The molecule has 1 aromatic carbocycles.